The number of benzene rings is 3. The quantitative estimate of drug-likeness (QED) is 0.288. The first-order valence-corrected chi connectivity index (χ1v) is 14.7. The summed E-state index contributed by atoms with van der Waals surface area (Å²) in [5.41, 5.74) is 3.53. The largest absolute Gasteiger partial charge is 0.332 e. The molecule has 0 bridgehead atoms. The van der Waals surface area contributed by atoms with Crippen LogP contribution in [0.4, 0.5) is 0 Å². The average Bonchev–Trinajstić information content (AvgIpc) is 3.42. The van der Waals surface area contributed by atoms with Gasteiger partial charge in [0, 0.05) is 31.6 Å². The molecule has 3 aromatic carbocycles. The van der Waals surface area contributed by atoms with E-state index in [0.29, 0.717) is 17.1 Å². The molecule has 1 aromatic heterocycles. The van der Waals surface area contributed by atoms with E-state index in [2.05, 4.69) is 17.1 Å². The van der Waals surface area contributed by atoms with Crippen LogP contribution in [0.5, 0.6) is 0 Å². The highest BCUT2D eigenvalue weighted by molar-refractivity contribution is 7.87. The van der Waals surface area contributed by atoms with E-state index in [0.717, 1.165) is 28.3 Å². The van der Waals surface area contributed by atoms with Crippen LogP contribution in [0.15, 0.2) is 90.3 Å². The van der Waals surface area contributed by atoms with E-state index >= 15 is 0 Å². The molecule has 0 atom stereocenters. The lowest BCUT2D eigenvalue weighted by Gasteiger charge is -2.23. The smallest absolute Gasteiger partial charge is 0.303 e. The zero-order valence-electron chi connectivity index (χ0n) is 21.8. The monoisotopic (exact) mass is 562 g/mol. The van der Waals surface area contributed by atoms with E-state index in [1.165, 1.54) is 36.4 Å². The van der Waals surface area contributed by atoms with Crippen LogP contribution >= 0.6 is 11.3 Å². The fraction of sp³-hybridized carbons (Fsp3) is 0.207. The molecule has 0 fully saturated rings. The van der Waals surface area contributed by atoms with Gasteiger partial charge in [-0.1, -0.05) is 78.9 Å². The van der Waals surface area contributed by atoms with Gasteiger partial charge in [0.2, 0.25) is 0 Å². The van der Waals surface area contributed by atoms with Gasteiger partial charge in [0.1, 0.15) is 10.7 Å². The molecule has 0 aliphatic heterocycles. The summed E-state index contributed by atoms with van der Waals surface area (Å²) in [4.78, 5) is 32.5. The average molecular weight is 563 g/mol. The number of thiazole rings is 1. The zero-order valence-corrected chi connectivity index (χ0v) is 23.4. The highest BCUT2D eigenvalue weighted by Gasteiger charge is 2.23. The number of aromatic nitrogens is 1. The van der Waals surface area contributed by atoms with E-state index in [1.54, 1.807) is 4.90 Å². The normalized spacial score (nSPS) is 11.4. The highest BCUT2D eigenvalue weighted by Crippen LogP contribution is 2.26. The molecule has 0 spiro atoms. The summed E-state index contributed by atoms with van der Waals surface area (Å²) in [5.74, 6) is -0.957. The minimum Gasteiger partial charge on any atom is -0.332 e. The Morgan fingerprint density at radius 2 is 1.54 bits per heavy atom. The summed E-state index contributed by atoms with van der Waals surface area (Å²) in [6, 6.07) is 27.3. The Bertz CT molecular complexity index is 1520. The second-order valence-corrected chi connectivity index (χ2v) is 11.9. The van der Waals surface area contributed by atoms with E-state index in [4.69, 9.17) is 0 Å². The van der Waals surface area contributed by atoms with Crippen LogP contribution in [0.2, 0.25) is 0 Å². The summed E-state index contributed by atoms with van der Waals surface area (Å²) in [6.45, 7) is 0.669. The molecule has 1 N–H and O–H groups in total. The third kappa shape index (κ3) is 7.38. The van der Waals surface area contributed by atoms with Gasteiger partial charge in [-0.05, 0) is 35.6 Å². The number of amides is 2. The first kappa shape index (κ1) is 28.2. The van der Waals surface area contributed by atoms with Crippen molar-refractivity contribution in [3.63, 3.8) is 0 Å². The van der Waals surface area contributed by atoms with Crippen molar-refractivity contribution in [2.24, 2.45) is 0 Å². The topological polar surface area (TPSA) is 99.7 Å². The molecular formula is C29H30N4O4S2. The maximum Gasteiger partial charge on any atom is 0.303 e. The van der Waals surface area contributed by atoms with Crippen molar-refractivity contribution in [2.45, 2.75) is 19.4 Å². The Hall–Kier alpha value is -3.86. The standard InChI is InChI=1S/C29H30N4O4S2/c1-32(2)39(36,37)31-28(34)26-21-38-27(30-26)20-33(19-11-14-22-12-5-3-6-13-22)29(35)25-18-10-9-17-24(25)23-15-7-4-8-16-23/h3-10,12-13,15-18,21H,11,14,19-20H2,1-2H3,(H,31,34). The Balaban J connectivity index is 1.57. The number of rotatable bonds is 11. The van der Waals surface area contributed by atoms with Crippen molar-refractivity contribution in [3.05, 3.63) is 112 Å². The predicted molar refractivity (Wildman–Crippen MR) is 154 cm³/mol. The van der Waals surface area contributed by atoms with Gasteiger partial charge in [0.15, 0.2) is 0 Å². The van der Waals surface area contributed by atoms with Crippen LogP contribution in [0, 0.1) is 0 Å². The molecule has 202 valence electrons. The number of nitrogens with zero attached hydrogens (tertiary/aromatic N) is 3. The Kier molecular flexibility index (Phi) is 9.23. The van der Waals surface area contributed by atoms with Crippen molar-refractivity contribution in [1.82, 2.24) is 18.9 Å². The Morgan fingerprint density at radius 1 is 0.897 bits per heavy atom. The summed E-state index contributed by atoms with van der Waals surface area (Å²) in [7, 11) is -1.29. The molecular weight excluding hydrogens is 532 g/mol. The summed E-state index contributed by atoms with van der Waals surface area (Å²) < 4.78 is 27.0. The van der Waals surface area contributed by atoms with E-state index in [9.17, 15) is 18.0 Å². The lowest BCUT2D eigenvalue weighted by molar-refractivity contribution is 0.0742. The third-order valence-electron chi connectivity index (χ3n) is 6.08. The van der Waals surface area contributed by atoms with Crippen molar-refractivity contribution in [3.8, 4) is 11.1 Å². The minimum absolute atomic E-state index is 0.0122. The van der Waals surface area contributed by atoms with Gasteiger partial charge in [-0.3, -0.25) is 9.59 Å². The number of hydrogen-bond donors (Lipinski definition) is 1. The molecule has 0 saturated carbocycles. The van der Waals surface area contributed by atoms with Crippen LogP contribution < -0.4 is 4.72 Å². The maximum absolute atomic E-state index is 13.9. The number of hydrogen-bond acceptors (Lipinski definition) is 6. The van der Waals surface area contributed by atoms with Crippen molar-refractivity contribution < 1.29 is 18.0 Å². The fourth-order valence-corrected chi connectivity index (χ4v) is 5.30. The number of carbonyl (C=O) groups is 2. The molecule has 0 aliphatic rings. The van der Waals surface area contributed by atoms with Crippen molar-refractivity contribution in [2.75, 3.05) is 20.6 Å². The number of carbonyl (C=O) groups excluding carboxylic acids is 2. The van der Waals surface area contributed by atoms with Gasteiger partial charge in [0.25, 0.3) is 11.8 Å². The van der Waals surface area contributed by atoms with E-state index < -0.39 is 16.1 Å². The van der Waals surface area contributed by atoms with E-state index in [1.807, 2.05) is 77.5 Å². The molecule has 0 aliphatic carbocycles. The van der Waals surface area contributed by atoms with Gasteiger partial charge in [-0.2, -0.15) is 12.7 Å². The fourth-order valence-electron chi connectivity index (χ4n) is 3.99. The van der Waals surface area contributed by atoms with Gasteiger partial charge in [-0.25, -0.2) is 9.71 Å². The van der Waals surface area contributed by atoms with Crippen LogP contribution in [0.25, 0.3) is 11.1 Å². The molecule has 1 heterocycles. The molecule has 0 unspecified atom stereocenters. The minimum atomic E-state index is -3.94. The van der Waals surface area contributed by atoms with Crippen molar-refractivity contribution in [1.29, 1.82) is 0 Å². The number of nitrogens with one attached hydrogen (secondary N) is 1. The molecule has 2 amide bonds. The Labute approximate surface area is 233 Å². The van der Waals surface area contributed by atoms with Gasteiger partial charge in [-0.15, -0.1) is 11.3 Å². The third-order valence-corrected chi connectivity index (χ3v) is 8.32. The Morgan fingerprint density at radius 3 is 2.23 bits per heavy atom. The van der Waals surface area contributed by atoms with E-state index in [-0.39, 0.29) is 18.1 Å². The molecule has 39 heavy (non-hydrogen) atoms. The molecule has 4 rings (SSSR count). The van der Waals surface area contributed by atoms with Crippen LogP contribution in [-0.2, 0) is 23.2 Å². The molecule has 0 saturated heterocycles. The number of aryl methyl sites for hydroxylation is 1. The summed E-state index contributed by atoms with van der Waals surface area (Å²) in [6.07, 6.45) is 1.54. The van der Waals surface area contributed by atoms with Crippen molar-refractivity contribution >= 4 is 33.4 Å². The first-order valence-electron chi connectivity index (χ1n) is 12.4. The van der Waals surface area contributed by atoms with Gasteiger partial charge < -0.3 is 4.90 Å². The first-order chi connectivity index (χ1) is 18.7. The molecule has 4 aromatic rings. The van der Waals surface area contributed by atoms with Gasteiger partial charge >= 0.3 is 10.2 Å². The molecule has 0 radical (unpaired) electrons. The van der Waals surface area contributed by atoms with Crippen LogP contribution in [-0.4, -0.2) is 55.1 Å². The molecule has 8 nitrogen and oxygen atoms in total. The maximum atomic E-state index is 13.9. The summed E-state index contributed by atoms with van der Waals surface area (Å²) >= 11 is 1.21. The van der Waals surface area contributed by atoms with Gasteiger partial charge in [0.05, 0.1) is 6.54 Å². The second-order valence-electron chi connectivity index (χ2n) is 9.07. The van der Waals surface area contributed by atoms with Crippen LogP contribution in [0.3, 0.4) is 0 Å². The second kappa shape index (κ2) is 12.8. The molecule has 10 heteroatoms. The highest BCUT2D eigenvalue weighted by atomic mass is 32.2. The SMILES string of the molecule is CN(C)S(=O)(=O)NC(=O)c1csc(CN(CCCc2ccccc2)C(=O)c2ccccc2-c2ccccc2)n1. The summed E-state index contributed by atoms with van der Waals surface area (Å²) in [5, 5.41) is 2.04. The predicted octanol–water partition coefficient (Wildman–Crippen LogP) is 4.62. The zero-order chi connectivity index (χ0) is 27.8. The lowest BCUT2D eigenvalue weighted by Crippen LogP contribution is -2.39. The lowest BCUT2D eigenvalue weighted by atomic mass is 9.98. The van der Waals surface area contributed by atoms with Crippen LogP contribution in [0.1, 0.15) is 37.8 Å².